The standard InChI is InChI=1S/C26H29Cl2N3O5S/c1-17(25(33)29-18-8-3-2-4-9-18)30(16-20-21(27)11-7-12-22(20)28)24(32)14-15-31-26(34)19-10-5-6-13-23(19)37(31,35)36/h5-7,10-13,17-18H,2-4,8-9,14-16H2,1H3,(H,29,33). The topological polar surface area (TPSA) is 104 Å². The molecule has 1 aliphatic carbocycles. The zero-order chi connectivity index (χ0) is 26.7. The van der Waals surface area contributed by atoms with Crippen molar-refractivity contribution in [1.82, 2.24) is 14.5 Å². The predicted octanol–water partition coefficient (Wildman–Crippen LogP) is 4.39. The molecule has 1 N–H and O–H groups in total. The number of fused-ring (bicyclic) bond motifs is 1. The molecule has 37 heavy (non-hydrogen) atoms. The molecule has 8 nitrogen and oxygen atoms in total. The Morgan fingerprint density at radius 1 is 1.05 bits per heavy atom. The Bertz CT molecular complexity index is 1290. The fraction of sp³-hybridized carbons (Fsp3) is 0.423. The molecule has 0 saturated heterocycles. The smallest absolute Gasteiger partial charge is 0.269 e. The Hall–Kier alpha value is -2.62. The summed E-state index contributed by atoms with van der Waals surface area (Å²) in [5, 5.41) is 3.73. The fourth-order valence-corrected chi connectivity index (χ4v) is 6.88. The number of nitrogens with one attached hydrogen (secondary N) is 1. The van der Waals surface area contributed by atoms with Crippen LogP contribution < -0.4 is 5.32 Å². The van der Waals surface area contributed by atoms with Gasteiger partial charge in [0.2, 0.25) is 11.8 Å². The first-order chi connectivity index (χ1) is 17.6. The monoisotopic (exact) mass is 565 g/mol. The summed E-state index contributed by atoms with van der Waals surface area (Å²) in [7, 11) is -4.05. The van der Waals surface area contributed by atoms with Gasteiger partial charge in [-0.05, 0) is 44.0 Å². The van der Waals surface area contributed by atoms with E-state index in [1.807, 2.05) is 0 Å². The van der Waals surface area contributed by atoms with Gasteiger partial charge in [-0.3, -0.25) is 14.4 Å². The minimum atomic E-state index is -4.05. The minimum Gasteiger partial charge on any atom is -0.352 e. The molecule has 1 fully saturated rings. The van der Waals surface area contributed by atoms with E-state index in [0.717, 1.165) is 32.1 Å². The summed E-state index contributed by atoms with van der Waals surface area (Å²) in [5.41, 5.74) is 0.559. The van der Waals surface area contributed by atoms with Crippen LogP contribution in [-0.2, 0) is 26.2 Å². The molecule has 1 aliphatic heterocycles. The van der Waals surface area contributed by atoms with E-state index in [-0.39, 0.29) is 41.9 Å². The third kappa shape index (κ3) is 5.78. The molecule has 11 heteroatoms. The SMILES string of the molecule is CC(C(=O)NC1CCCCC1)N(Cc1c(Cl)cccc1Cl)C(=O)CCN1C(=O)c2ccccc2S1(=O)=O. The second kappa shape index (κ2) is 11.4. The van der Waals surface area contributed by atoms with Crippen LogP contribution in [0.4, 0.5) is 0 Å². The summed E-state index contributed by atoms with van der Waals surface area (Å²) in [4.78, 5) is 40.7. The number of halogens is 2. The molecule has 2 aromatic rings. The van der Waals surface area contributed by atoms with Crippen LogP contribution in [0.1, 0.15) is 61.4 Å². The lowest BCUT2D eigenvalue weighted by Gasteiger charge is -2.32. The molecule has 1 atom stereocenters. The lowest BCUT2D eigenvalue weighted by molar-refractivity contribution is -0.141. The Kier molecular flexibility index (Phi) is 8.46. The number of amides is 3. The number of nitrogens with zero attached hydrogens (tertiary/aromatic N) is 2. The summed E-state index contributed by atoms with van der Waals surface area (Å²) in [6.07, 6.45) is 4.69. The van der Waals surface area contributed by atoms with Gasteiger partial charge in [0.25, 0.3) is 15.9 Å². The number of carbonyl (C=O) groups excluding carboxylic acids is 3. The third-order valence-corrected chi connectivity index (χ3v) is 9.50. The van der Waals surface area contributed by atoms with Gasteiger partial charge in [0.1, 0.15) is 10.9 Å². The van der Waals surface area contributed by atoms with Crippen LogP contribution in [0.5, 0.6) is 0 Å². The third-order valence-electron chi connectivity index (χ3n) is 6.95. The molecule has 1 saturated carbocycles. The maximum Gasteiger partial charge on any atom is 0.269 e. The van der Waals surface area contributed by atoms with E-state index in [1.165, 1.54) is 17.0 Å². The Morgan fingerprint density at radius 3 is 2.35 bits per heavy atom. The first-order valence-corrected chi connectivity index (χ1v) is 14.5. The van der Waals surface area contributed by atoms with E-state index in [0.29, 0.717) is 19.9 Å². The van der Waals surface area contributed by atoms with Crippen molar-refractivity contribution in [3.63, 3.8) is 0 Å². The highest BCUT2D eigenvalue weighted by Gasteiger charge is 2.41. The lowest BCUT2D eigenvalue weighted by atomic mass is 9.95. The van der Waals surface area contributed by atoms with Crippen molar-refractivity contribution in [2.75, 3.05) is 6.54 Å². The molecule has 0 bridgehead atoms. The van der Waals surface area contributed by atoms with Crippen molar-refractivity contribution >= 4 is 50.9 Å². The van der Waals surface area contributed by atoms with Crippen molar-refractivity contribution in [1.29, 1.82) is 0 Å². The second-order valence-corrected chi connectivity index (χ2v) is 12.0. The largest absolute Gasteiger partial charge is 0.352 e. The highest BCUT2D eigenvalue weighted by molar-refractivity contribution is 7.90. The highest BCUT2D eigenvalue weighted by atomic mass is 35.5. The first kappa shape index (κ1) is 27.4. The van der Waals surface area contributed by atoms with Gasteiger partial charge in [0, 0.05) is 41.2 Å². The molecule has 0 spiro atoms. The van der Waals surface area contributed by atoms with Crippen molar-refractivity contribution in [2.45, 2.75) is 69.0 Å². The molecule has 2 aromatic carbocycles. The van der Waals surface area contributed by atoms with Gasteiger partial charge in [0.15, 0.2) is 0 Å². The molecule has 2 aliphatic rings. The van der Waals surface area contributed by atoms with Gasteiger partial charge in [0.05, 0.1) is 5.56 Å². The first-order valence-electron chi connectivity index (χ1n) is 12.3. The molecule has 4 rings (SSSR count). The summed E-state index contributed by atoms with van der Waals surface area (Å²) in [6, 6.07) is 10.1. The number of sulfonamides is 1. The van der Waals surface area contributed by atoms with E-state index in [1.54, 1.807) is 37.3 Å². The number of benzene rings is 2. The lowest BCUT2D eigenvalue weighted by Crippen LogP contribution is -2.51. The van der Waals surface area contributed by atoms with Crippen molar-refractivity contribution < 1.29 is 22.8 Å². The minimum absolute atomic E-state index is 0.0441. The molecule has 1 heterocycles. The van der Waals surface area contributed by atoms with Crippen LogP contribution in [0.3, 0.4) is 0 Å². The van der Waals surface area contributed by atoms with E-state index in [4.69, 9.17) is 23.2 Å². The quantitative estimate of drug-likeness (QED) is 0.511. The maximum atomic E-state index is 13.5. The average molecular weight is 567 g/mol. The van der Waals surface area contributed by atoms with Crippen LogP contribution >= 0.6 is 23.2 Å². The second-order valence-electron chi connectivity index (χ2n) is 9.37. The molecule has 1 unspecified atom stereocenters. The molecule has 198 valence electrons. The molecular weight excluding hydrogens is 537 g/mol. The van der Waals surface area contributed by atoms with Crippen molar-refractivity contribution in [2.24, 2.45) is 0 Å². The molecule has 3 amide bonds. The zero-order valence-electron chi connectivity index (χ0n) is 20.5. The summed E-state index contributed by atoms with van der Waals surface area (Å²) >= 11 is 12.7. The fourth-order valence-electron chi connectivity index (χ4n) is 4.80. The number of hydrogen-bond donors (Lipinski definition) is 1. The molecular formula is C26H29Cl2N3O5S. The van der Waals surface area contributed by atoms with E-state index in [9.17, 15) is 22.8 Å². The van der Waals surface area contributed by atoms with Gasteiger partial charge < -0.3 is 10.2 Å². The normalized spacial score (nSPS) is 17.8. The van der Waals surface area contributed by atoms with Crippen LogP contribution in [0.15, 0.2) is 47.4 Å². The Morgan fingerprint density at radius 2 is 1.70 bits per heavy atom. The van der Waals surface area contributed by atoms with E-state index >= 15 is 0 Å². The summed E-state index contributed by atoms with van der Waals surface area (Å²) in [5.74, 6) is -1.48. The number of rotatable bonds is 8. The summed E-state index contributed by atoms with van der Waals surface area (Å²) < 4.78 is 26.5. The van der Waals surface area contributed by atoms with Crippen molar-refractivity contribution in [3.8, 4) is 0 Å². The number of hydrogen-bond acceptors (Lipinski definition) is 5. The average Bonchev–Trinajstić information content (AvgIpc) is 3.07. The van der Waals surface area contributed by atoms with Gasteiger partial charge in [-0.25, -0.2) is 12.7 Å². The van der Waals surface area contributed by atoms with E-state index < -0.39 is 27.9 Å². The van der Waals surface area contributed by atoms with Gasteiger partial charge >= 0.3 is 0 Å². The molecule has 0 aromatic heterocycles. The zero-order valence-corrected chi connectivity index (χ0v) is 22.8. The van der Waals surface area contributed by atoms with Crippen LogP contribution in [0.25, 0.3) is 0 Å². The predicted molar refractivity (Wildman–Crippen MR) is 141 cm³/mol. The van der Waals surface area contributed by atoms with Gasteiger partial charge in [-0.1, -0.05) is 60.7 Å². The summed E-state index contributed by atoms with van der Waals surface area (Å²) in [6.45, 7) is 1.23. The Balaban J connectivity index is 1.53. The van der Waals surface area contributed by atoms with E-state index in [2.05, 4.69) is 5.32 Å². The number of carbonyl (C=O) groups is 3. The Labute approximate surface area is 227 Å². The van der Waals surface area contributed by atoms with Crippen molar-refractivity contribution in [3.05, 3.63) is 63.6 Å². The van der Waals surface area contributed by atoms with Crippen LogP contribution in [0, 0.1) is 0 Å². The highest BCUT2D eigenvalue weighted by Crippen LogP contribution is 2.31. The molecule has 0 radical (unpaired) electrons. The van der Waals surface area contributed by atoms with Crippen LogP contribution in [-0.4, -0.2) is 54.0 Å². The van der Waals surface area contributed by atoms with Gasteiger partial charge in [-0.15, -0.1) is 0 Å². The maximum absolute atomic E-state index is 13.5. The van der Waals surface area contributed by atoms with Gasteiger partial charge in [-0.2, -0.15) is 0 Å². The van der Waals surface area contributed by atoms with Crippen LogP contribution in [0.2, 0.25) is 10.0 Å².